The van der Waals surface area contributed by atoms with E-state index >= 15 is 0 Å². The fourth-order valence-corrected chi connectivity index (χ4v) is 4.29. The van der Waals surface area contributed by atoms with E-state index in [2.05, 4.69) is 29.3 Å². The topological polar surface area (TPSA) is 61.9 Å². The van der Waals surface area contributed by atoms with E-state index < -0.39 is 11.8 Å². The van der Waals surface area contributed by atoms with Gasteiger partial charge in [-0.1, -0.05) is 31.5 Å². The molecule has 0 radical (unpaired) electrons. The van der Waals surface area contributed by atoms with Crippen LogP contribution in [0.1, 0.15) is 30.9 Å². The van der Waals surface area contributed by atoms with Gasteiger partial charge in [-0.3, -0.25) is 14.9 Å². The minimum absolute atomic E-state index is 0.0390. The number of anilines is 2. The molecule has 0 atom stereocenters. The molecule has 1 fully saturated rings. The number of para-hydroxylation sites is 2. The van der Waals surface area contributed by atoms with Crippen molar-refractivity contribution in [2.75, 3.05) is 30.0 Å². The summed E-state index contributed by atoms with van der Waals surface area (Å²) in [5, 5.41) is 2.67. The third kappa shape index (κ3) is 4.05. The molecule has 1 N–H and O–H groups in total. The van der Waals surface area contributed by atoms with Gasteiger partial charge in [-0.05, 0) is 66.5 Å². The van der Waals surface area contributed by atoms with Crippen molar-refractivity contribution in [2.24, 2.45) is 0 Å². The molecule has 2 aliphatic rings. The Kier molecular flexibility index (Phi) is 6.04. The molecule has 2 aromatic rings. The molecule has 4 rings (SSSR count). The van der Waals surface area contributed by atoms with E-state index in [1.165, 1.54) is 29.7 Å². The third-order valence-corrected chi connectivity index (χ3v) is 5.90. The maximum atomic E-state index is 13.3. The quantitative estimate of drug-likeness (QED) is 0.426. The first-order valence-corrected chi connectivity index (χ1v) is 10.9. The maximum Gasteiger partial charge on any atom is 0.270 e. The van der Waals surface area contributed by atoms with Crippen LogP contribution in [0.15, 0.2) is 48.0 Å². The summed E-state index contributed by atoms with van der Waals surface area (Å²) in [4.78, 5) is 29.6. The minimum atomic E-state index is -0.494. The van der Waals surface area contributed by atoms with Crippen LogP contribution in [0.2, 0.25) is 0 Å². The predicted molar refractivity (Wildman–Crippen MR) is 126 cm³/mol. The number of fused-ring (bicyclic) bond motifs is 1. The average Bonchev–Trinajstić information content (AvgIpc) is 3.17. The third-order valence-electron chi connectivity index (χ3n) is 5.62. The van der Waals surface area contributed by atoms with Gasteiger partial charge in [0.15, 0.2) is 5.11 Å². The molecule has 2 aromatic carbocycles. The number of carbonyl (C=O) groups excluding carboxylic acids is 2. The second-order valence-electron chi connectivity index (χ2n) is 7.61. The number of unbranched alkanes of at least 4 members (excludes halogenated alkanes) is 1. The first kappa shape index (κ1) is 21.1. The molecular weight excluding hydrogens is 410 g/mol. The summed E-state index contributed by atoms with van der Waals surface area (Å²) in [7, 11) is 1.53. The van der Waals surface area contributed by atoms with E-state index in [4.69, 9.17) is 17.0 Å². The number of carbonyl (C=O) groups is 2. The number of nitrogens with one attached hydrogen (secondary N) is 1. The van der Waals surface area contributed by atoms with Crippen LogP contribution < -0.4 is 19.9 Å². The zero-order valence-corrected chi connectivity index (χ0v) is 18.5. The van der Waals surface area contributed by atoms with Crippen LogP contribution in [0.25, 0.3) is 6.08 Å². The lowest BCUT2D eigenvalue weighted by Crippen LogP contribution is -2.54. The number of rotatable bonds is 6. The highest BCUT2D eigenvalue weighted by Gasteiger charge is 2.35. The Morgan fingerprint density at radius 3 is 2.74 bits per heavy atom. The highest BCUT2D eigenvalue weighted by Crippen LogP contribution is 2.32. The van der Waals surface area contributed by atoms with Crippen molar-refractivity contribution in [2.45, 2.75) is 26.2 Å². The van der Waals surface area contributed by atoms with E-state index in [0.29, 0.717) is 11.4 Å². The standard InChI is InChI=1S/C24H25N3O3S/c1-3-4-12-26-13-11-17-14-16(9-10-19(17)26)15-18-22(28)25-24(31)27(23(18)29)20-7-5-6-8-21(20)30-2/h5-10,14-15H,3-4,11-13H2,1-2H3,(H,25,28,31)/b18-15+. The number of hydrogen-bond acceptors (Lipinski definition) is 5. The number of hydrogen-bond donors (Lipinski definition) is 1. The number of benzene rings is 2. The van der Waals surface area contributed by atoms with Gasteiger partial charge in [0.05, 0.1) is 12.8 Å². The molecule has 7 heteroatoms. The zero-order valence-electron chi connectivity index (χ0n) is 17.7. The van der Waals surface area contributed by atoms with Crippen molar-refractivity contribution >= 4 is 46.6 Å². The molecule has 2 aliphatic heterocycles. The van der Waals surface area contributed by atoms with E-state index in [-0.39, 0.29) is 10.7 Å². The largest absolute Gasteiger partial charge is 0.495 e. The van der Waals surface area contributed by atoms with E-state index in [1.54, 1.807) is 24.3 Å². The van der Waals surface area contributed by atoms with Crippen molar-refractivity contribution in [1.82, 2.24) is 5.32 Å². The van der Waals surface area contributed by atoms with Crippen LogP contribution in [0.3, 0.4) is 0 Å². The van der Waals surface area contributed by atoms with Gasteiger partial charge < -0.3 is 9.64 Å². The van der Waals surface area contributed by atoms with Crippen LogP contribution in [-0.2, 0) is 16.0 Å². The van der Waals surface area contributed by atoms with Crippen LogP contribution in [0.4, 0.5) is 11.4 Å². The number of methoxy groups -OCH3 is 1. The second kappa shape index (κ2) is 8.89. The predicted octanol–water partition coefficient (Wildman–Crippen LogP) is 3.69. The number of ether oxygens (including phenoxy) is 1. The van der Waals surface area contributed by atoms with Crippen LogP contribution in [-0.4, -0.2) is 37.1 Å². The molecule has 0 spiro atoms. The molecule has 0 aliphatic carbocycles. The fourth-order valence-electron chi connectivity index (χ4n) is 4.02. The lowest BCUT2D eigenvalue weighted by atomic mass is 10.0. The first-order chi connectivity index (χ1) is 15.0. The molecule has 31 heavy (non-hydrogen) atoms. The first-order valence-electron chi connectivity index (χ1n) is 10.5. The summed E-state index contributed by atoms with van der Waals surface area (Å²) in [6.45, 7) is 4.25. The summed E-state index contributed by atoms with van der Waals surface area (Å²) >= 11 is 5.29. The van der Waals surface area contributed by atoms with Gasteiger partial charge in [0.1, 0.15) is 11.3 Å². The van der Waals surface area contributed by atoms with Crippen molar-refractivity contribution in [3.63, 3.8) is 0 Å². The lowest BCUT2D eigenvalue weighted by Gasteiger charge is -2.29. The summed E-state index contributed by atoms with van der Waals surface area (Å²) in [5.41, 5.74) is 3.84. The minimum Gasteiger partial charge on any atom is -0.495 e. The fraction of sp³-hybridized carbons (Fsp3) is 0.292. The summed E-state index contributed by atoms with van der Waals surface area (Å²) in [6, 6.07) is 13.2. The van der Waals surface area contributed by atoms with Crippen molar-refractivity contribution in [3.8, 4) is 5.75 Å². The van der Waals surface area contributed by atoms with Gasteiger partial charge in [0.25, 0.3) is 11.8 Å². The molecule has 2 amide bonds. The molecule has 160 valence electrons. The smallest absolute Gasteiger partial charge is 0.270 e. The van der Waals surface area contributed by atoms with Gasteiger partial charge in [-0.15, -0.1) is 0 Å². The molecule has 1 saturated heterocycles. The Morgan fingerprint density at radius 2 is 1.97 bits per heavy atom. The van der Waals surface area contributed by atoms with E-state index in [1.807, 2.05) is 12.1 Å². The summed E-state index contributed by atoms with van der Waals surface area (Å²) < 4.78 is 5.37. The Hall–Kier alpha value is -3.19. The molecular formula is C24H25N3O3S. The normalized spacial score (nSPS) is 17.2. The summed E-state index contributed by atoms with van der Waals surface area (Å²) in [6.07, 6.45) is 4.93. The molecule has 0 bridgehead atoms. The molecule has 0 saturated carbocycles. The van der Waals surface area contributed by atoms with E-state index in [9.17, 15) is 9.59 Å². The Bertz CT molecular complexity index is 1080. The van der Waals surface area contributed by atoms with Gasteiger partial charge in [0, 0.05) is 18.8 Å². The van der Waals surface area contributed by atoms with Gasteiger partial charge >= 0.3 is 0 Å². The molecule has 0 aromatic heterocycles. The Balaban J connectivity index is 1.65. The Morgan fingerprint density at radius 1 is 1.16 bits per heavy atom. The maximum absolute atomic E-state index is 13.3. The molecule has 2 heterocycles. The van der Waals surface area contributed by atoms with Crippen molar-refractivity contribution in [1.29, 1.82) is 0 Å². The second-order valence-corrected chi connectivity index (χ2v) is 8.00. The van der Waals surface area contributed by atoms with Crippen molar-refractivity contribution < 1.29 is 14.3 Å². The lowest BCUT2D eigenvalue weighted by molar-refractivity contribution is -0.122. The average molecular weight is 436 g/mol. The molecule has 0 unspecified atom stereocenters. The monoisotopic (exact) mass is 435 g/mol. The van der Waals surface area contributed by atoms with Gasteiger partial charge in [-0.2, -0.15) is 0 Å². The van der Waals surface area contributed by atoms with Crippen LogP contribution in [0, 0.1) is 0 Å². The Labute approximate surface area is 187 Å². The number of thiocarbonyl (C=S) groups is 1. The zero-order chi connectivity index (χ0) is 22.0. The number of nitrogens with zero attached hydrogens (tertiary/aromatic N) is 2. The van der Waals surface area contributed by atoms with Gasteiger partial charge in [0.2, 0.25) is 0 Å². The van der Waals surface area contributed by atoms with Crippen LogP contribution in [0.5, 0.6) is 5.75 Å². The number of amides is 2. The summed E-state index contributed by atoms with van der Waals surface area (Å²) in [5.74, 6) is -0.465. The SMILES string of the molecule is CCCCN1CCc2cc(/C=C3\C(=O)NC(=S)N(c4ccccc4OC)C3=O)ccc21. The highest BCUT2D eigenvalue weighted by atomic mass is 32.1. The van der Waals surface area contributed by atoms with Gasteiger partial charge in [-0.25, -0.2) is 4.90 Å². The highest BCUT2D eigenvalue weighted by molar-refractivity contribution is 7.80. The van der Waals surface area contributed by atoms with Crippen LogP contribution >= 0.6 is 12.2 Å². The van der Waals surface area contributed by atoms with E-state index in [0.717, 1.165) is 31.5 Å². The molecule has 6 nitrogen and oxygen atoms in total. The van der Waals surface area contributed by atoms with Crippen molar-refractivity contribution in [3.05, 3.63) is 59.2 Å².